The number of aromatic amines is 2. The molecular weight excluding hydrogens is 380 g/mol. The van der Waals surface area contributed by atoms with E-state index in [0.29, 0.717) is 5.65 Å². The van der Waals surface area contributed by atoms with Crippen molar-refractivity contribution in [1.82, 2.24) is 29.9 Å². The lowest BCUT2D eigenvalue weighted by atomic mass is 10.1. The molecule has 7 heteroatoms. The SMILES string of the molecule is Cn1cc(-c2cnc3n[nH]c(-c4cc5c(-c6cccs6)cccc5[nH]4)c3c2)cn1. The Hall–Kier alpha value is -3.71. The molecule has 140 valence electrons. The number of rotatable bonds is 3. The fourth-order valence-electron chi connectivity index (χ4n) is 3.77. The van der Waals surface area contributed by atoms with Gasteiger partial charge in [0, 0.05) is 57.3 Å². The van der Waals surface area contributed by atoms with E-state index in [2.05, 4.69) is 73.1 Å². The van der Waals surface area contributed by atoms with E-state index in [4.69, 9.17) is 0 Å². The van der Waals surface area contributed by atoms with Crippen molar-refractivity contribution in [2.24, 2.45) is 7.05 Å². The van der Waals surface area contributed by atoms with E-state index < -0.39 is 0 Å². The zero-order chi connectivity index (χ0) is 19.4. The molecule has 0 aliphatic heterocycles. The van der Waals surface area contributed by atoms with Crippen LogP contribution in [-0.4, -0.2) is 29.9 Å². The van der Waals surface area contributed by atoms with E-state index in [1.54, 1.807) is 16.0 Å². The van der Waals surface area contributed by atoms with Gasteiger partial charge >= 0.3 is 0 Å². The van der Waals surface area contributed by atoms with Crippen LogP contribution < -0.4 is 0 Å². The second kappa shape index (κ2) is 6.15. The summed E-state index contributed by atoms with van der Waals surface area (Å²) >= 11 is 1.75. The Morgan fingerprint density at radius 1 is 1.00 bits per heavy atom. The normalized spacial score (nSPS) is 11.6. The van der Waals surface area contributed by atoms with E-state index in [1.807, 2.05) is 25.6 Å². The van der Waals surface area contributed by atoms with Crippen molar-refractivity contribution < 1.29 is 0 Å². The van der Waals surface area contributed by atoms with E-state index >= 15 is 0 Å². The van der Waals surface area contributed by atoms with Crippen LogP contribution in [0.4, 0.5) is 0 Å². The van der Waals surface area contributed by atoms with Crippen LogP contribution in [0, 0.1) is 0 Å². The molecule has 0 radical (unpaired) electrons. The molecule has 0 spiro atoms. The van der Waals surface area contributed by atoms with Crippen LogP contribution in [-0.2, 0) is 7.05 Å². The Kier molecular flexibility index (Phi) is 3.45. The molecule has 29 heavy (non-hydrogen) atoms. The van der Waals surface area contributed by atoms with E-state index in [0.717, 1.165) is 33.4 Å². The Balaban J connectivity index is 1.53. The fraction of sp³-hybridized carbons (Fsp3) is 0.0455. The molecule has 6 nitrogen and oxygen atoms in total. The highest BCUT2D eigenvalue weighted by molar-refractivity contribution is 7.13. The number of benzene rings is 1. The van der Waals surface area contributed by atoms with E-state index in [-0.39, 0.29) is 0 Å². The number of fused-ring (bicyclic) bond motifs is 2. The summed E-state index contributed by atoms with van der Waals surface area (Å²) in [5.74, 6) is 0. The van der Waals surface area contributed by atoms with Crippen LogP contribution in [0.25, 0.3) is 54.9 Å². The summed E-state index contributed by atoms with van der Waals surface area (Å²) in [6.45, 7) is 0. The minimum atomic E-state index is 0.699. The Morgan fingerprint density at radius 3 is 2.79 bits per heavy atom. The number of hydrogen-bond acceptors (Lipinski definition) is 4. The number of aromatic nitrogens is 6. The molecule has 0 aliphatic rings. The van der Waals surface area contributed by atoms with Crippen molar-refractivity contribution in [3.05, 3.63) is 66.4 Å². The van der Waals surface area contributed by atoms with Crippen molar-refractivity contribution in [2.45, 2.75) is 0 Å². The van der Waals surface area contributed by atoms with Gasteiger partial charge in [-0.3, -0.25) is 9.78 Å². The van der Waals surface area contributed by atoms with E-state index in [9.17, 15) is 0 Å². The Bertz CT molecular complexity index is 1470. The van der Waals surface area contributed by atoms with Crippen molar-refractivity contribution >= 4 is 33.3 Å². The number of H-pyrrole nitrogens is 2. The molecule has 6 aromatic rings. The van der Waals surface area contributed by atoms with Gasteiger partial charge in [0.15, 0.2) is 5.65 Å². The highest BCUT2D eigenvalue weighted by atomic mass is 32.1. The second-order valence-electron chi connectivity index (χ2n) is 7.02. The van der Waals surface area contributed by atoms with Crippen LogP contribution in [0.15, 0.2) is 66.4 Å². The number of nitrogens with zero attached hydrogens (tertiary/aromatic N) is 4. The zero-order valence-corrected chi connectivity index (χ0v) is 16.4. The summed E-state index contributed by atoms with van der Waals surface area (Å²) in [7, 11) is 1.91. The minimum Gasteiger partial charge on any atom is -0.353 e. The van der Waals surface area contributed by atoms with Gasteiger partial charge in [-0.2, -0.15) is 10.2 Å². The van der Waals surface area contributed by atoms with Crippen LogP contribution in [0.5, 0.6) is 0 Å². The molecule has 0 saturated carbocycles. The molecule has 5 heterocycles. The molecule has 0 amide bonds. The first-order valence-electron chi connectivity index (χ1n) is 9.25. The second-order valence-corrected chi connectivity index (χ2v) is 7.97. The molecule has 6 rings (SSSR count). The van der Waals surface area contributed by atoms with Gasteiger partial charge in [0.2, 0.25) is 0 Å². The third-order valence-corrected chi connectivity index (χ3v) is 6.07. The summed E-state index contributed by atoms with van der Waals surface area (Å²) in [6, 6.07) is 14.9. The number of hydrogen-bond donors (Lipinski definition) is 2. The number of nitrogens with one attached hydrogen (secondary N) is 2. The van der Waals surface area contributed by atoms with Crippen LogP contribution in [0.2, 0.25) is 0 Å². The maximum Gasteiger partial charge on any atom is 0.181 e. The van der Waals surface area contributed by atoms with Crippen molar-refractivity contribution in [3.8, 4) is 33.0 Å². The number of aryl methyl sites for hydroxylation is 1. The molecule has 1 aromatic carbocycles. The zero-order valence-electron chi connectivity index (χ0n) is 15.5. The topological polar surface area (TPSA) is 75.2 Å². The van der Waals surface area contributed by atoms with Crippen molar-refractivity contribution in [2.75, 3.05) is 0 Å². The standard InChI is InChI=1S/C22H16N6S/c1-28-12-14(11-24-28)13-8-17-21(26-27-22(17)23-10-13)19-9-16-15(20-6-3-7-29-20)4-2-5-18(16)25-19/h2-12,25H,1H3,(H,23,26,27). The van der Waals surface area contributed by atoms with Crippen LogP contribution >= 0.6 is 11.3 Å². The summed E-state index contributed by atoms with van der Waals surface area (Å²) in [4.78, 5) is 9.34. The molecule has 0 unspecified atom stereocenters. The molecule has 0 aliphatic carbocycles. The molecule has 0 bridgehead atoms. The molecule has 2 N–H and O–H groups in total. The van der Waals surface area contributed by atoms with Gasteiger partial charge in [0.05, 0.1) is 17.6 Å². The van der Waals surface area contributed by atoms with Gasteiger partial charge in [-0.05, 0) is 29.6 Å². The lowest BCUT2D eigenvalue weighted by molar-refractivity contribution is 0.768. The van der Waals surface area contributed by atoms with Gasteiger partial charge in [0.1, 0.15) is 0 Å². The molecule has 0 saturated heterocycles. The first kappa shape index (κ1) is 16.3. The van der Waals surface area contributed by atoms with Gasteiger partial charge in [0.25, 0.3) is 0 Å². The van der Waals surface area contributed by atoms with Gasteiger partial charge in [-0.15, -0.1) is 11.3 Å². The van der Waals surface area contributed by atoms with Gasteiger partial charge < -0.3 is 4.98 Å². The Labute approximate surface area is 169 Å². The largest absolute Gasteiger partial charge is 0.353 e. The lowest BCUT2D eigenvalue weighted by Crippen LogP contribution is -1.84. The van der Waals surface area contributed by atoms with Crippen LogP contribution in [0.1, 0.15) is 0 Å². The third-order valence-electron chi connectivity index (χ3n) is 5.17. The number of pyridine rings is 1. The predicted molar refractivity (Wildman–Crippen MR) is 117 cm³/mol. The highest BCUT2D eigenvalue weighted by Gasteiger charge is 2.15. The lowest BCUT2D eigenvalue weighted by Gasteiger charge is -1.99. The predicted octanol–water partition coefficient (Wildman–Crippen LogP) is 5.24. The quantitative estimate of drug-likeness (QED) is 0.430. The maximum absolute atomic E-state index is 4.53. The highest BCUT2D eigenvalue weighted by Crippen LogP contribution is 2.36. The summed E-state index contributed by atoms with van der Waals surface area (Å²) < 4.78 is 1.79. The monoisotopic (exact) mass is 396 g/mol. The van der Waals surface area contributed by atoms with Crippen LogP contribution in [0.3, 0.4) is 0 Å². The third kappa shape index (κ3) is 2.59. The van der Waals surface area contributed by atoms with Gasteiger partial charge in [-0.1, -0.05) is 18.2 Å². The number of thiophene rings is 1. The summed E-state index contributed by atoms with van der Waals surface area (Å²) in [5.41, 5.74) is 7.02. The van der Waals surface area contributed by atoms with Crippen molar-refractivity contribution in [1.29, 1.82) is 0 Å². The maximum atomic E-state index is 4.53. The van der Waals surface area contributed by atoms with E-state index in [1.165, 1.54) is 15.8 Å². The molecular formula is C22H16N6S. The average Bonchev–Trinajstić information content (AvgIpc) is 3.51. The first-order chi connectivity index (χ1) is 14.3. The fourth-order valence-corrected chi connectivity index (χ4v) is 4.54. The molecule has 5 aromatic heterocycles. The molecule has 0 fully saturated rings. The smallest absolute Gasteiger partial charge is 0.181 e. The Morgan fingerprint density at radius 2 is 1.97 bits per heavy atom. The minimum absolute atomic E-state index is 0.699. The molecule has 0 atom stereocenters. The summed E-state index contributed by atoms with van der Waals surface area (Å²) in [5, 5.41) is 16.1. The average molecular weight is 396 g/mol. The van der Waals surface area contributed by atoms with Crippen molar-refractivity contribution in [3.63, 3.8) is 0 Å². The van der Waals surface area contributed by atoms with Gasteiger partial charge in [-0.25, -0.2) is 4.98 Å². The first-order valence-corrected chi connectivity index (χ1v) is 10.1. The summed E-state index contributed by atoms with van der Waals surface area (Å²) in [6.07, 6.45) is 5.67.